The van der Waals surface area contributed by atoms with Gasteiger partial charge in [-0.3, -0.25) is 14.4 Å². The third kappa shape index (κ3) is 40.1. The lowest BCUT2D eigenvalue weighted by molar-refractivity contribution is -0.301. The van der Waals surface area contributed by atoms with E-state index in [0.29, 0.717) is 25.7 Å². The Morgan fingerprint density at radius 3 is 1.33 bits per heavy atom. The first-order chi connectivity index (χ1) is 36.6. The van der Waals surface area contributed by atoms with Crippen molar-refractivity contribution < 1.29 is 58.2 Å². The number of aliphatic hydroxyl groups excluding tert-OH is 2. The van der Waals surface area contributed by atoms with Crippen molar-refractivity contribution in [2.24, 2.45) is 0 Å². The van der Waals surface area contributed by atoms with Crippen molar-refractivity contribution in [2.75, 3.05) is 13.2 Å². The highest BCUT2D eigenvalue weighted by molar-refractivity contribution is 5.74. The fourth-order valence-electron chi connectivity index (χ4n) is 7.74. The van der Waals surface area contributed by atoms with Gasteiger partial charge in [-0.15, -0.1) is 0 Å². The monoisotopic (exact) mass is 1050 g/mol. The molecule has 6 atom stereocenters. The van der Waals surface area contributed by atoms with Crippen LogP contribution in [-0.4, -0.2) is 89.2 Å². The minimum atomic E-state index is -1.94. The molecule has 6 unspecified atom stereocenters. The van der Waals surface area contributed by atoms with Crippen molar-refractivity contribution in [1.82, 2.24) is 0 Å². The zero-order chi connectivity index (χ0) is 54.7. The molecule has 1 aliphatic heterocycles. The second-order valence-electron chi connectivity index (χ2n) is 18.8. The summed E-state index contributed by atoms with van der Waals surface area (Å²) in [4.78, 5) is 51.0. The number of carbonyl (C=O) groups is 4. The van der Waals surface area contributed by atoms with Gasteiger partial charge in [-0.25, -0.2) is 4.79 Å². The lowest BCUT2D eigenvalue weighted by atomic mass is 9.98. The second-order valence-corrected chi connectivity index (χ2v) is 18.8. The molecule has 1 saturated heterocycles. The molecule has 0 bridgehead atoms. The van der Waals surface area contributed by atoms with E-state index in [-0.39, 0.29) is 25.9 Å². The van der Waals surface area contributed by atoms with Gasteiger partial charge in [-0.05, 0) is 96.3 Å². The summed E-state index contributed by atoms with van der Waals surface area (Å²) in [5.41, 5.74) is 0. The highest BCUT2D eigenvalue weighted by Crippen LogP contribution is 2.26. The SMILES string of the molecule is CC/C=C\C/C=C\C/C=C\C/C=C\C/C=C\C/C=C\CCC(=O)OC1C(OCC(COC(=O)CCCC/C=C\C/C=C\C/C=C\C/C=C\CC)OC(=O)CCCCCCCCCCCCC)OC(C(=O)O)C(O)C1O. The van der Waals surface area contributed by atoms with E-state index in [4.69, 9.17) is 23.7 Å². The Morgan fingerprint density at radius 2 is 0.867 bits per heavy atom. The molecule has 0 saturated carbocycles. The van der Waals surface area contributed by atoms with Crippen LogP contribution in [-0.2, 0) is 42.9 Å². The largest absolute Gasteiger partial charge is 0.479 e. The number of ether oxygens (including phenoxy) is 5. The standard InChI is InChI=1S/C63H98O12/c1-4-7-10-13-16-19-22-24-26-27-28-29-31-33-36-39-42-45-48-51-57(66)74-61-59(68)58(67)60(62(69)70)75-63(61)72-53-54(73-56(65)50-47-44-41-38-34-21-18-15-12-9-6-3)52-71-55(64)49-46-43-40-37-35-32-30-25-23-20-17-14-11-8-5-2/h7-8,10-11,16-17,19-20,24-26,28-30,33,35-37,42,45,54,58-61,63,67-68H,4-6,9,12-15,18,21-23,27,31-32,34,38-41,43-44,46-53H2,1-3H3,(H,69,70)/b10-7-,11-8-,19-16-,20-17-,26-24-,29-28-,30-25-,36-33-,37-35-,45-42-. The molecule has 1 rings (SSSR count). The minimum absolute atomic E-state index is 0.0742. The molecule has 0 radical (unpaired) electrons. The summed E-state index contributed by atoms with van der Waals surface area (Å²) in [5, 5.41) is 31.4. The summed E-state index contributed by atoms with van der Waals surface area (Å²) in [6.07, 6.45) is 56.2. The summed E-state index contributed by atoms with van der Waals surface area (Å²) >= 11 is 0. The van der Waals surface area contributed by atoms with Crippen molar-refractivity contribution in [2.45, 2.75) is 237 Å². The second kappa shape index (κ2) is 50.0. The predicted molar refractivity (Wildman–Crippen MR) is 303 cm³/mol. The lowest BCUT2D eigenvalue weighted by Crippen LogP contribution is -2.61. The van der Waals surface area contributed by atoms with Crippen LogP contribution in [0.4, 0.5) is 0 Å². The maximum absolute atomic E-state index is 13.1. The minimum Gasteiger partial charge on any atom is -0.479 e. The molecule has 0 aromatic heterocycles. The molecule has 12 nitrogen and oxygen atoms in total. The summed E-state index contributed by atoms with van der Waals surface area (Å²) in [6.45, 7) is 5.66. The molecule has 3 N–H and O–H groups in total. The van der Waals surface area contributed by atoms with Crippen molar-refractivity contribution in [3.8, 4) is 0 Å². The predicted octanol–water partition coefficient (Wildman–Crippen LogP) is 14.4. The van der Waals surface area contributed by atoms with Gasteiger partial charge in [0.2, 0.25) is 0 Å². The van der Waals surface area contributed by atoms with Crippen LogP contribution < -0.4 is 0 Å². The van der Waals surface area contributed by atoms with Gasteiger partial charge >= 0.3 is 23.9 Å². The van der Waals surface area contributed by atoms with Crippen LogP contribution in [0.2, 0.25) is 0 Å². The molecular formula is C63H98O12. The zero-order valence-electron chi connectivity index (χ0n) is 46.2. The van der Waals surface area contributed by atoms with Crippen LogP contribution in [0.5, 0.6) is 0 Å². The van der Waals surface area contributed by atoms with Crippen LogP contribution in [0.25, 0.3) is 0 Å². The van der Waals surface area contributed by atoms with E-state index >= 15 is 0 Å². The molecule has 1 fully saturated rings. The first kappa shape index (κ1) is 68.1. The summed E-state index contributed by atoms with van der Waals surface area (Å²) < 4.78 is 28.2. The number of rotatable bonds is 46. The molecule has 0 aromatic carbocycles. The maximum atomic E-state index is 13.1. The zero-order valence-corrected chi connectivity index (χ0v) is 46.2. The van der Waals surface area contributed by atoms with E-state index in [0.717, 1.165) is 89.9 Å². The van der Waals surface area contributed by atoms with Crippen LogP contribution in [0.15, 0.2) is 122 Å². The smallest absolute Gasteiger partial charge is 0.335 e. The van der Waals surface area contributed by atoms with E-state index < -0.39 is 67.3 Å². The van der Waals surface area contributed by atoms with Gasteiger partial charge in [0.25, 0.3) is 0 Å². The normalized spacial score (nSPS) is 19.1. The summed E-state index contributed by atoms with van der Waals surface area (Å²) in [6, 6.07) is 0. The maximum Gasteiger partial charge on any atom is 0.335 e. The quantitative estimate of drug-likeness (QED) is 0.0228. The van der Waals surface area contributed by atoms with Crippen molar-refractivity contribution in [3.63, 3.8) is 0 Å². The van der Waals surface area contributed by atoms with Crippen LogP contribution >= 0.6 is 0 Å². The van der Waals surface area contributed by atoms with E-state index in [9.17, 15) is 34.5 Å². The molecular weight excluding hydrogens is 949 g/mol. The molecule has 75 heavy (non-hydrogen) atoms. The third-order valence-electron chi connectivity index (χ3n) is 12.0. The van der Waals surface area contributed by atoms with Crippen LogP contribution in [0.3, 0.4) is 0 Å². The number of carboxylic acids is 1. The summed E-state index contributed by atoms with van der Waals surface area (Å²) in [7, 11) is 0. The first-order valence-electron chi connectivity index (χ1n) is 28.5. The number of carbonyl (C=O) groups excluding carboxylic acids is 3. The molecule has 422 valence electrons. The average molecular weight is 1050 g/mol. The molecule has 0 aromatic rings. The van der Waals surface area contributed by atoms with E-state index in [1.54, 1.807) is 0 Å². The number of esters is 3. The van der Waals surface area contributed by atoms with Gasteiger partial charge in [0.05, 0.1) is 6.61 Å². The van der Waals surface area contributed by atoms with Crippen molar-refractivity contribution >= 4 is 23.9 Å². The molecule has 12 heteroatoms. The Morgan fingerprint density at radius 1 is 0.453 bits per heavy atom. The molecule has 0 spiro atoms. The Kier molecular flexibility index (Phi) is 45.4. The van der Waals surface area contributed by atoms with Crippen molar-refractivity contribution in [3.05, 3.63) is 122 Å². The Balaban J connectivity index is 2.76. The molecule has 1 heterocycles. The van der Waals surface area contributed by atoms with E-state index in [2.05, 4.69) is 124 Å². The van der Waals surface area contributed by atoms with E-state index in [1.165, 1.54) is 44.9 Å². The van der Waals surface area contributed by atoms with E-state index in [1.807, 2.05) is 18.2 Å². The Bertz CT molecular complexity index is 1770. The Labute approximate surface area is 452 Å². The summed E-state index contributed by atoms with van der Waals surface area (Å²) in [5.74, 6) is -3.30. The third-order valence-corrected chi connectivity index (χ3v) is 12.0. The molecule has 1 aliphatic rings. The number of aliphatic carboxylic acids is 1. The van der Waals surface area contributed by atoms with Gasteiger partial charge in [0.15, 0.2) is 24.6 Å². The Hall–Kier alpha value is -4.88. The van der Waals surface area contributed by atoms with Gasteiger partial charge in [0, 0.05) is 19.3 Å². The van der Waals surface area contributed by atoms with Gasteiger partial charge in [-0.1, -0.05) is 206 Å². The highest BCUT2D eigenvalue weighted by Gasteiger charge is 2.50. The highest BCUT2D eigenvalue weighted by atomic mass is 16.7. The number of hydrogen-bond donors (Lipinski definition) is 3. The molecule has 0 aliphatic carbocycles. The van der Waals surface area contributed by atoms with Crippen molar-refractivity contribution in [1.29, 1.82) is 0 Å². The number of allylic oxidation sites excluding steroid dienone is 20. The number of aliphatic hydroxyl groups is 2. The van der Waals surface area contributed by atoms with Gasteiger partial charge < -0.3 is 39.0 Å². The number of carboxylic acid groups (broad SMARTS) is 1. The first-order valence-corrected chi connectivity index (χ1v) is 28.5. The average Bonchev–Trinajstić information content (AvgIpc) is 3.39. The topological polar surface area (TPSA) is 175 Å². The lowest BCUT2D eigenvalue weighted by Gasteiger charge is -2.40. The van der Waals surface area contributed by atoms with Crippen LogP contribution in [0, 0.1) is 0 Å². The van der Waals surface area contributed by atoms with Gasteiger partial charge in [0.1, 0.15) is 18.8 Å². The molecule has 0 amide bonds. The van der Waals surface area contributed by atoms with Crippen LogP contribution in [0.1, 0.15) is 201 Å². The number of hydrogen-bond acceptors (Lipinski definition) is 11. The fraction of sp³-hybridized carbons (Fsp3) is 0.619. The van der Waals surface area contributed by atoms with Gasteiger partial charge in [-0.2, -0.15) is 0 Å². The number of unbranched alkanes of at least 4 members (excludes halogenated alkanes) is 12. The fourth-order valence-corrected chi connectivity index (χ4v) is 7.74.